The Hall–Kier alpha value is -4.71. The summed E-state index contributed by atoms with van der Waals surface area (Å²) < 4.78 is 39.7. The minimum Gasteiger partial charge on any atom is -0.465 e. The van der Waals surface area contributed by atoms with E-state index in [2.05, 4.69) is 20.1 Å². The van der Waals surface area contributed by atoms with E-state index in [0.717, 1.165) is 10.9 Å². The van der Waals surface area contributed by atoms with Crippen LogP contribution in [0.3, 0.4) is 0 Å². The molecule has 14 nitrogen and oxygen atoms in total. The quantitative estimate of drug-likeness (QED) is 0.0616. The summed E-state index contributed by atoms with van der Waals surface area (Å²) in [5.74, 6) is -1.49. The van der Waals surface area contributed by atoms with E-state index in [0.29, 0.717) is 5.39 Å². The van der Waals surface area contributed by atoms with Crippen molar-refractivity contribution < 1.29 is 27.9 Å². The summed E-state index contributed by atoms with van der Waals surface area (Å²) in [5.41, 5.74) is 7.28. The second-order valence-electron chi connectivity index (χ2n) is 11.2. The van der Waals surface area contributed by atoms with Gasteiger partial charge in [-0.15, -0.1) is 0 Å². The van der Waals surface area contributed by atoms with Gasteiger partial charge in [0.2, 0.25) is 0 Å². The van der Waals surface area contributed by atoms with Crippen LogP contribution in [0.1, 0.15) is 32.6 Å². The lowest BCUT2D eigenvalue weighted by atomic mass is 9.89. The predicted octanol–water partition coefficient (Wildman–Crippen LogP) is 5.47. The lowest BCUT2D eigenvalue weighted by Gasteiger charge is -2.31. The SMILES string of the molecule is CCOC(=O)[C@H](Cc1ccccc1)NP(=O)(OC[C@@]1(N=[N+]=[N-])OC(n2ccc(=O)[nH]c2=O)[C@H](C)[C@@H]1C)Oc1cccc2ccccc12. The first-order valence-electron chi connectivity index (χ1n) is 15.0. The minimum atomic E-state index is -4.52. The normalized spacial score (nSPS) is 22.6. The van der Waals surface area contributed by atoms with Crippen LogP contribution in [0, 0.1) is 11.8 Å². The molecule has 6 atom stereocenters. The van der Waals surface area contributed by atoms with Crippen molar-refractivity contribution in [2.45, 2.75) is 45.2 Å². The zero-order chi connectivity index (χ0) is 33.6. The molecular weight excluding hydrogens is 627 g/mol. The van der Waals surface area contributed by atoms with Crippen LogP contribution < -0.4 is 20.9 Å². The van der Waals surface area contributed by atoms with Gasteiger partial charge < -0.3 is 14.0 Å². The first-order chi connectivity index (χ1) is 22.6. The molecule has 1 aliphatic heterocycles. The van der Waals surface area contributed by atoms with Crippen molar-refractivity contribution >= 4 is 24.5 Å². The molecule has 2 heterocycles. The second kappa shape index (κ2) is 14.4. The van der Waals surface area contributed by atoms with Gasteiger partial charge in [0, 0.05) is 34.4 Å². The van der Waals surface area contributed by atoms with E-state index < -0.39 is 61.4 Å². The molecule has 15 heteroatoms. The van der Waals surface area contributed by atoms with Crippen molar-refractivity contribution in [3.05, 3.63) is 122 Å². The number of benzene rings is 3. The summed E-state index contributed by atoms with van der Waals surface area (Å²) in [6, 6.07) is 21.6. The fraction of sp³-hybridized carbons (Fsp3) is 0.344. The molecule has 1 saturated heterocycles. The zero-order valence-electron chi connectivity index (χ0n) is 26.0. The average molecular weight is 663 g/mol. The van der Waals surface area contributed by atoms with Gasteiger partial charge in [0.25, 0.3) is 5.56 Å². The third kappa shape index (κ3) is 7.48. The van der Waals surface area contributed by atoms with Crippen molar-refractivity contribution in [3.8, 4) is 5.75 Å². The molecule has 0 amide bonds. The number of ether oxygens (including phenoxy) is 2. The van der Waals surface area contributed by atoms with Crippen molar-refractivity contribution in [2.75, 3.05) is 13.2 Å². The molecule has 1 aromatic heterocycles. The summed E-state index contributed by atoms with van der Waals surface area (Å²) in [6.45, 7) is 4.67. The van der Waals surface area contributed by atoms with E-state index in [9.17, 15) is 24.5 Å². The van der Waals surface area contributed by atoms with Crippen LogP contribution in [0.2, 0.25) is 0 Å². The highest BCUT2D eigenvalue weighted by Crippen LogP contribution is 2.52. The number of azide groups is 1. The molecule has 2 unspecified atom stereocenters. The Bertz CT molecular complexity index is 1940. The number of nitrogens with zero attached hydrogens (tertiary/aromatic N) is 4. The predicted molar refractivity (Wildman–Crippen MR) is 173 cm³/mol. The minimum absolute atomic E-state index is 0.0793. The van der Waals surface area contributed by atoms with Gasteiger partial charge in [-0.25, -0.2) is 9.36 Å². The standard InChI is InChI=1S/C32H35N6O8P/c1-4-43-30(40)26(19-23-11-6-5-7-12-23)35-47(42,46-27-16-10-14-24-13-8-9-15-25(24)27)44-20-32(36-37-33)22(3)21(2)29(45-32)38-18-17-28(39)34-31(38)41/h5-18,21-22,26,29H,4,19-20H2,1-3H3,(H,35,42)(H,34,39,41)/t21-,22+,26+,29?,32-,47?/m1/s1. The number of carbonyl (C=O) groups excluding carboxylic acids is 1. The van der Waals surface area contributed by atoms with E-state index in [-0.39, 0.29) is 18.8 Å². The number of H-pyrrole nitrogens is 1. The van der Waals surface area contributed by atoms with E-state index in [1.807, 2.05) is 48.5 Å². The highest BCUT2D eigenvalue weighted by Gasteiger charge is 2.53. The summed E-state index contributed by atoms with van der Waals surface area (Å²) in [4.78, 5) is 42.7. The molecule has 5 rings (SSSR count). The first kappa shape index (κ1) is 33.6. The number of aromatic nitrogens is 2. The Morgan fingerprint density at radius 3 is 2.55 bits per heavy atom. The Labute approximate surface area is 269 Å². The van der Waals surface area contributed by atoms with Crippen molar-refractivity contribution in [2.24, 2.45) is 17.0 Å². The summed E-state index contributed by atoms with van der Waals surface area (Å²) in [6.07, 6.45) is 0.403. The third-order valence-electron chi connectivity index (χ3n) is 8.19. The summed E-state index contributed by atoms with van der Waals surface area (Å²) in [5, 5.41) is 8.17. The average Bonchev–Trinajstić information content (AvgIpc) is 3.30. The number of rotatable bonds is 13. The monoisotopic (exact) mass is 662 g/mol. The van der Waals surface area contributed by atoms with Gasteiger partial charge in [-0.3, -0.25) is 23.7 Å². The van der Waals surface area contributed by atoms with Gasteiger partial charge >= 0.3 is 19.4 Å². The Morgan fingerprint density at radius 1 is 1.11 bits per heavy atom. The van der Waals surface area contributed by atoms with Gasteiger partial charge in [-0.1, -0.05) is 85.7 Å². The number of carbonyl (C=O) groups is 1. The van der Waals surface area contributed by atoms with Crippen LogP contribution in [0.25, 0.3) is 21.2 Å². The van der Waals surface area contributed by atoms with Crippen LogP contribution in [-0.4, -0.2) is 40.5 Å². The highest BCUT2D eigenvalue weighted by atomic mass is 31.2. The molecule has 0 spiro atoms. The van der Waals surface area contributed by atoms with Gasteiger partial charge in [-0.2, -0.15) is 5.09 Å². The van der Waals surface area contributed by atoms with Crippen LogP contribution in [0.4, 0.5) is 0 Å². The second-order valence-corrected chi connectivity index (χ2v) is 12.9. The third-order valence-corrected chi connectivity index (χ3v) is 9.73. The maximum Gasteiger partial charge on any atom is 0.459 e. The molecule has 2 N–H and O–H groups in total. The van der Waals surface area contributed by atoms with Gasteiger partial charge in [-0.05, 0) is 35.9 Å². The van der Waals surface area contributed by atoms with Crippen LogP contribution >= 0.6 is 7.75 Å². The summed E-state index contributed by atoms with van der Waals surface area (Å²) in [7, 11) is -4.52. The van der Waals surface area contributed by atoms with Crippen molar-refractivity contribution in [1.29, 1.82) is 0 Å². The number of hydrogen-bond acceptors (Lipinski definition) is 9. The maximum absolute atomic E-state index is 14.8. The maximum atomic E-state index is 14.8. The largest absolute Gasteiger partial charge is 0.465 e. The van der Waals surface area contributed by atoms with Crippen LogP contribution in [-0.2, 0) is 29.8 Å². The van der Waals surface area contributed by atoms with Gasteiger partial charge in [0.15, 0.2) is 5.72 Å². The van der Waals surface area contributed by atoms with Gasteiger partial charge in [0.05, 0.1) is 13.2 Å². The molecule has 0 aliphatic carbocycles. The number of hydrogen-bond donors (Lipinski definition) is 2. The van der Waals surface area contributed by atoms with Crippen LogP contribution in [0.5, 0.6) is 5.75 Å². The molecule has 0 radical (unpaired) electrons. The molecule has 0 saturated carbocycles. The number of nitrogens with one attached hydrogen (secondary N) is 2. The summed E-state index contributed by atoms with van der Waals surface area (Å²) >= 11 is 0. The fourth-order valence-corrected chi connectivity index (χ4v) is 7.07. The number of esters is 1. The molecule has 47 heavy (non-hydrogen) atoms. The Morgan fingerprint density at radius 2 is 1.83 bits per heavy atom. The van der Waals surface area contributed by atoms with E-state index in [4.69, 9.17) is 18.5 Å². The molecule has 1 aliphatic rings. The van der Waals surface area contributed by atoms with E-state index in [1.165, 1.54) is 16.8 Å². The van der Waals surface area contributed by atoms with Crippen molar-refractivity contribution in [1.82, 2.24) is 14.6 Å². The molecule has 1 fully saturated rings. The molecule has 246 valence electrons. The van der Waals surface area contributed by atoms with Crippen LogP contribution in [0.15, 0.2) is 99.8 Å². The Balaban J connectivity index is 1.52. The number of fused-ring (bicyclic) bond motifs is 1. The fourth-order valence-electron chi connectivity index (χ4n) is 5.54. The molecular formula is C32H35N6O8P. The lowest BCUT2D eigenvalue weighted by molar-refractivity contribution is -0.145. The molecule has 0 bridgehead atoms. The smallest absolute Gasteiger partial charge is 0.459 e. The lowest BCUT2D eigenvalue weighted by Crippen LogP contribution is -2.42. The molecule has 3 aromatic carbocycles. The Kier molecular flexibility index (Phi) is 10.3. The number of aromatic amines is 1. The highest BCUT2D eigenvalue weighted by molar-refractivity contribution is 7.52. The zero-order valence-corrected chi connectivity index (χ0v) is 26.9. The first-order valence-corrected chi connectivity index (χ1v) is 16.6. The van der Waals surface area contributed by atoms with E-state index in [1.54, 1.807) is 45.0 Å². The molecule has 4 aromatic rings. The van der Waals surface area contributed by atoms with Gasteiger partial charge in [0.1, 0.15) is 18.0 Å². The van der Waals surface area contributed by atoms with Crippen molar-refractivity contribution in [3.63, 3.8) is 0 Å². The van der Waals surface area contributed by atoms with E-state index >= 15 is 0 Å². The topological polar surface area (TPSA) is 187 Å².